The average Bonchev–Trinajstić information content (AvgIpc) is 2.61. The van der Waals surface area contributed by atoms with Crippen LogP contribution in [0.25, 0.3) is 10.8 Å². The number of carbonyl (C=O) groups is 1. The van der Waals surface area contributed by atoms with E-state index in [2.05, 4.69) is 10.3 Å². The van der Waals surface area contributed by atoms with Gasteiger partial charge in [0.25, 0.3) is 5.91 Å². The largest absolute Gasteiger partial charge is 0.392 e. The Bertz CT molecular complexity index is 808. The van der Waals surface area contributed by atoms with Crippen LogP contribution >= 0.6 is 0 Å². The predicted octanol–water partition coefficient (Wildman–Crippen LogP) is 2.70. The van der Waals surface area contributed by atoms with Gasteiger partial charge in [-0.2, -0.15) is 0 Å². The summed E-state index contributed by atoms with van der Waals surface area (Å²) in [6.45, 7) is 0.603. The zero-order valence-corrected chi connectivity index (χ0v) is 12.7. The molecule has 0 saturated heterocycles. The molecule has 0 aliphatic carbocycles. The molecule has 0 bridgehead atoms. The average molecular weight is 306 g/mol. The van der Waals surface area contributed by atoms with Gasteiger partial charge in [-0.25, -0.2) is 0 Å². The number of aliphatic hydroxyl groups excluding tert-OH is 1. The standard InChI is InChI=1S/C19H18N2O2/c22-13-15-7-5-14(6-8-15)9-10-21-19(23)18-12-20-11-16-3-1-2-4-17(16)18/h1-8,11-12,22H,9-10,13H2,(H,21,23). The Morgan fingerprint density at radius 2 is 1.74 bits per heavy atom. The summed E-state index contributed by atoms with van der Waals surface area (Å²) in [4.78, 5) is 16.5. The normalized spacial score (nSPS) is 10.7. The van der Waals surface area contributed by atoms with Crippen molar-refractivity contribution in [2.45, 2.75) is 13.0 Å². The van der Waals surface area contributed by atoms with E-state index in [1.807, 2.05) is 48.5 Å². The highest BCUT2D eigenvalue weighted by molar-refractivity contribution is 6.06. The highest BCUT2D eigenvalue weighted by Gasteiger charge is 2.09. The molecule has 1 heterocycles. The van der Waals surface area contributed by atoms with Crippen molar-refractivity contribution in [3.8, 4) is 0 Å². The van der Waals surface area contributed by atoms with Crippen LogP contribution in [-0.4, -0.2) is 22.5 Å². The number of pyridine rings is 1. The molecule has 0 spiro atoms. The van der Waals surface area contributed by atoms with Crippen LogP contribution < -0.4 is 5.32 Å². The maximum Gasteiger partial charge on any atom is 0.253 e. The second-order valence-corrected chi connectivity index (χ2v) is 5.39. The minimum absolute atomic E-state index is 0.0467. The second-order valence-electron chi connectivity index (χ2n) is 5.39. The van der Waals surface area contributed by atoms with Gasteiger partial charge in [0.05, 0.1) is 12.2 Å². The molecule has 0 saturated carbocycles. The minimum atomic E-state index is -0.110. The summed E-state index contributed by atoms with van der Waals surface area (Å²) < 4.78 is 0. The smallest absolute Gasteiger partial charge is 0.253 e. The molecule has 4 nitrogen and oxygen atoms in total. The number of benzene rings is 2. The van der Waals surface area contributed by atoms with Gasteiger partial charge in [0.15, 0.2) is 0 Å². The molecule has 3 aromatic rings. The molecule has 0 atom stereocenters. The second kappa shape index (κ2) is 7.03. The topological polar surface area (TPSA) is 62.2 Å². The van der Waals surface area contributed by atoms with E-state index >= 15 is 0 Å². The van der Waals surface area contributed by atoms with Crippen molar-refractivity contribution in [2.75, 3.05) is 6.54 Å². The molecule has 23 heavy (non-hydrogen) atoms. The van der Waals surface area contributed by atoms with Gasteiger partial charge < -0.3 is 10.4 Å². The van der Waals surface area contributed by atoms with E-state index < -0.39 is 0 Å². The van der Waals surface area contributed by atoms with E-state index in [0.29, 0.717) is 12.1 Å². The van der Waals surface area contributed by atoms with E-state index in [-0.39, 0.29) is 12.5 Å². The Morgan fingerprint density at radius 1 is 1.00 bits per heavy atom. The van der Waals surface area contributed by atoms with Crippen molar-refractivity contribution >= 4 is 16.7 Å². The lowest BCUT2D eigenvalue weighted by atomic mass is 10.1. The van der Waals surface area contributed by atoms with Crippen LogP contribution in [0.5, 0.6) is 0 Å². The number of rotatable bonds is 5. The first-order chi connectivity index (χ1) is 11.3. The van der Waals surface area contributed by atoms with Gasteiger partial charge in [-0.1, -0.05) is 48.5 Å². The molecular weight excluding hydrogens is 288 g/mol. The van der Waals surface area contributed by atoms with Crippen molar-refractivity contribution in [2.24, 2.45) is 0 Å². The summed E-state index contributed by atoms with van der Waals surface area (Å²) in [5, 5.41) is 13.8. The van der Waals surface area contributed by atoms with E-state index in [4.69, 9.17) is 5.11 Å². The monoisotopic (exact) mass is 306 g/mol. The molecule has 0 aliphatic heterocycles. The molecule has 1 amide bonds. The lowest BCUT2D eigenvalue weighted by Crippen LogP contribution is -2.26. The summed E-state index contributed by atoms with van der Waals surface area (Å²) >= 11 is 0. The van der Waals surface area contributed by atoms with E-state index in [0.717, 1.165) is 28.3 Å². The molecule has 1 aromatic heterocycles. The molecule has 2 aromatic carbocycles. The molecule has 2 N–H and O–H groups in total. The van der Waals surface area contributed by atoms with Gasteiger partial charge in [-0.05, 0) is 22.9 Å². The number of fused-ring (bicyclic) bond motifs is 1. The summed E-state index contributed by atoms with van der Waals surface area (Å²) in [6.07, 6.45) is 4.11. The highest BCUT2D eigenvalue weighted by atomic mass is 16.3. The summed E-state index contributed by atoms with van der Waals surface area (Å²) in [5.41, 5.74) is 2.61. The van der Waals surface area contributed by atoms with E-state index in [1.54, 1.807) is 12.4 Å². The van der Waals surface area contributed by atoms with Crippen LogP contribution in [0.15, 0.2) is 60.9 Å². The minimum Gasteiger partial charge on any atom is -0.392 e. The number of hydrogen-bond donors (Lipinski definition) is 2. The number of amides is 1. The number of nitrogens with zero attached hydrogens (tertiary/aromatic N) is 1. The summed E-state index contributed by atoms with van der Waals surface area (Å²) in [5.74, 6) is -0.110. The first kappa shape index (κ1) is 15.2. The number of aromatic nitrogens is 1. The molecule has 3 rings (SSSR count). The third kappa shape index (κ3) is 3.55. The molecule has 0 radical (unpaired) electrons. The Hall–Kier alpha value is -2.72. The quantitative estimate of drug-likeness (QED) is 0.762. The fourth-order valence-corrected chi connectivity index (χ4v) is 2.52. The zero-order valence-electron chi connectivity index (χ0n) is 12.7. The van der Waals surface area contributed by atoms with Crippen molar-refractivity contribution in [3.05, 3.63) is 77.6 Å². The van der Waals surface area contributed by atoms with Gasteiger partial charge >= 0.3 is 0 Å². The fourth-order valence-electron chi connectivity index (χ4n) is 2.52. The third-order valence-electron chi connectivity index (χ3n) is 3.82. The van der Waals surface area contributed by atoms with E-state index in [1.165, 1.54) is 0 Å². The summed E-state index contributed by atoms with van der Waals surface area (Å²) in [7, 11) is 0. The Balaban J connectivity index is 1.64. The number of aliphatic hydroxyl groups is 1. The van der Waals surface area contributed by atoms with Crippen LogP contribution in [0.3, 0.4) is 0 Å². The van der Waals surface area contributed by atoms with Crippen molar-refractivity contribution in [1.82, 2.24) is 10.3 Å². The Labute approximate surface area is 134 Å². The van der Waals surface area contributed by atoms with Crippen molar-refractivity contribution in [3.63, 3.8) is 0 Å². The Morgan fingerprint density at radius 3 is 2.52 bits per heavy atom. The molecular formula is C19H18N2O2. The molecule has 0 unspecified atom stereocenters. The van der Waals surface area contributed by atoms with Gasteiger partial charge in [0, 0.05) is 24.3 Å². The van der Waals surface area contributed by atoms with Gasteiger partial charge in [-0.15, -0.1) is 0 Å². The SMILES string of the molecule is O=C(NCCc1ccc(CO)cc1)c1cncc2ccccc12. The number of hydrogen-bond acceptors (Lipinski definition) is 3. The lowest BCUT2D eigenvalue weighted by Gasteiger charge is -2.08. The molecule has 4 heteroatoms. The zero-order chi connectivity index (χ0) is 16.1. The molecule has 0 aliphatic rings. The van der Waals surface area contributed by atoms with Crippen LogP contribution in [-0.2, 0) is 13.0 Å². The van der Waals surface area contributed by atoms with Crippen molar-refractivity contribution < 1.29 is 9.90 Å². The van der Waals surface area contributed by atoms with Crippen molar-refractivity contribution in [1.29, 1.82) is 0 Å². The maximum absolute atomic E-state index is 12.4. The number of carbonyl (C=O) groups excluding carboxylic acids is 1. The predicted molar refractivity (Wildman–Crippen MR) is 90.1 cm³/mol. The highest BCUT2D eigenvalue weighted by Crippen LogP contribution is 2.16. The van der Waals surface area contributed by atoms with Gasteiger partial charge in [0.1, 0.15) is 0 Å². The first-order valence-electron chi connectivity index (χ1n) is 7.57. The first-order valence-corrected chi connectivity index (χ1v) is 7.57. The van der Waals surface area contributed by atoms with Gasteiger partial charge in [-0.3, -0.25) is 9.78 Å². The van der Waals surface area contributed by atoms with Crippen LogP contribution in [0, 0.1) is 0 Å². The molecule has 116 valence electrons. The number of nitrogens with one attached hydrogen (secondary N) is 1. The van der Waals surface area contributed by atoms with E-state index in [9.17, 15) is 4.79 Å². The maximum atomic E-state index is 12.4. The van der Waals surface area contributed by atoms with Crippen LogP contribution in [0.1, 0.15) is 21.5 Å². The molecule has 0 fully saturated rings. The van der Waals surface area contributed by atoms with Crippen LogP contribution in [0.4, 0.5) is 0 Å². The third-order valence-corrected chi connectivity index (χ3v) is 3.82. The van der Waals surface area contributed by atoms with Crippen LogP contribution in [0.2, 0.25) is 0 Å². The Kier molecular flexibility index (Phi) is 4.64. The fraction of sp³-hybridized carbons (Fsp3) is 0.158. The lowest BCUT2D eigenvalue weighted by molar-refractivity contribution is 0.0955. The van der Waals surface area contributed by atoms with Gasteiger partial charge in [0.2, 0.25) is 0 Å². The summed E-state index contributed by atoms with van der Waals surface area (Å²) in [6, 6.07) is 15.5.